The molecule has 0 saturated heterocycles. The Hall–Kier alpha value is -3.80. The number of nitrogens with zero attached hydrogens (tertiary/aromatic N) is 1. The van der Waals surface area contributed by atoms with Gasteiger partial charge in [-0.05, 0) is 60.5 Å². The maximum Gasteiger partial charge on any atom is 0.255 e. The summed E-state index contributed by atoms with van der Waals surface area (Å²) in [7, 11) is 0. The zero-order valence-corrected chi connectivity index (χ0v) is 15.8. The summed E-state index contributed by atoms with van der Waals surface area (Å²) in [5.41, 5.74) is 4.67. The Kier molecular flexibility index (Phi) is 4.17. The van der Waals surface area contributed by atoms with E-state index in [1.54, 1.807) is 30.3 Å². The second-order valence-corrected chi connectivity index (χ2v) is 6.77. The molecule has 1 aliphatic rings. The molecule has 0 unspecified atom stereocenters. The van der Waals surface area contributed by atoms with Crippen molar-refractivity contribution in [1.29, 1.82) is 0 Å². The average Bonchev–Trinajstić information content (AvgIpc) is 3.39. The van der Waals surface area contributed by atoms with E-state index >= 15 is 0 Å². The predicted octanol–water partition coefficient (Wildman–Crippen LogP) is 5.04. The van der Waals surface area contributed by atoms with E-state index in [0.29, 0.717) is 39.7 Å². The van der Waals surface area contributed by atoms with Gasteiger partial charge in [-0.2, -0.15) is 0 Å². The van der Waals surface area contributed by atoms with Crippen LogP contribution in [0.25, 0.3) is 22.6 Å². The number of hydrogen-bond donors (Lipinski definition) is 1. The van der Waals surface area contributed by atoms with Crippen LogP contribution in [-0.2, 0) is 6.42 Å². The van der Waals surface area contributed by atoms with Crippen LogP contribution in [0.1, 0.15) is 22.8 Å². The van der Waals surface area contributed by atoms with Crippen molar-refractivity contribution in [1.82, 2.24) is 4.98 Å². The molecule has 0 bridgehead atoms. The van der Waals surface area contributed by atoms with Crippen molar-refractivity contribution in [2.45, 2.75) is 13.3 Å². The number of carbonyl (C=O) groups is 1. The molecule has 0 fully saturated rings. The third-order valence-corrected chi connectivity index (χ3v) is 4.89. The lowest BCUT2D eigenvalue weighted by molar-refractivity contribution is 0.102. The van der Waals surface area contributed by atoms with Crippen LogP contribution >= 0.6 is 0 Å². The molecule has 0 aliphatic carbocycles. The van der Waals surface area contributed by atoms with Crippen molar-refractivity contribution < 1.29 is 18.7 Å². The first kappa shape index (κ1) is 17.3. The second-order valence-electron chi connectivity index (χ2n) is 6.77. The molecule has 144 valence electrons. The number of hydrogen-bond acceptors (Lipinski definition) is 5. The number of ether oxygens (including phenoxy) is 2. The van der Waals surface area contributed by atoms with Crippen LogP contribution in [0, 0.1) is 0 Å². The largest absolute Gasteiger partial charge is 0.454 e. The maximum atomic E-state index is 12.6. The Balaban J connectivity index is 1.38. The van der Waals surface area contributed by atoms with Crippen LogP contribution in [0.4, 0.5) is 5.69 Å². The fraction of sp³-hybridized carbons (Fsp3) is 0.130. The minimum Gasteiger partial charge on any atom is -0.454 e. The molecular formula is C23H18N2O4. The SMILES string of the molecule is CCc1ccc(-c2nc3cc(NC(=O)c4ccc5c(c4)OCO5)ccc3o2)cc1. The Morgan fingerprint density at radius 2 is 1.83 bits per heavy atom. The molecule has 1 amide bonds. The molecular weight excluding hydrogens is 368 g/mol. The summed E-state index contributed by atoms with van der Waals surface area (Å²) in [6.45, 7) is 2.29. The number of nitrogens with one attached hydrogen (secondary N) is 1. The van der Waals surface area contributed by atoms with E-state index in [2.05, 4.69) is 29.4 Å². The van der Waals surface area contributed by atoms with Gasteiger partial charge in [0.05, 0.1) is 0 Å². The number of rotatable bonds is 4. The minimum absolute atomic E-state index is 0.173. The molecule has 29 heavy (non-hydrogen) atoms. The summed E-state index contributed by atoms with van der Waals surface area (Å²) in [5.74, 6) is 1.54. The second kappa shape index (κ2) is 6.98. The molecule has 0 saturated carbocycles. The third-order valence-electron chi connectivity index (χ3n) is 4.89. The van der Waals surface area contributed by atoms with Crippen molar-refractivity contribution in [2.75, 3.05) is 12.1 Å². The molecule has 6 nitrogen and oxygen atoms in total. The van der Waals surface area contributed by atoms with E-state index in [9.17, 15) is 4.79 Å². The standard InChI is InChI=1S/C23H18N2O4/c1-2-14-3-5-15(6-4-14)23-25-18-12-17(8-10-19(18)29-23)24-22(26)16-7-9-20-21(11-16)28-13-27-20/h3-12H,2,13H2,1H3,(H,24,26). The summed E-state index contributed by atoms with van der Waals surface area (Å²) in [6, 6.07) is 18.7. The number of benzene rings is 3. The van der Waals surface area contributed by atoms with Crippen molar-refractivity contribution >= 4 is 22.7 Å². The van der Waals surface area contributed by atoms with Crippen LogP contribution in [0.15, 0.2) is 65.1 Å². The van der Waals surface area contributed by atoms with Crippen LogP contribution < -0.4 is 14.8 Å². The van der Waals surface area contributed by atoms with E-state index in [4.69, 9.17) is 13.9 Å². The fourth-order valence-electron chi connectivity index (χ4n) is 3.25. The molecule has 0 spiro atoms. The monoisotopic (exact) mass is 386 g/mol. The Bertz CT molecular complexity index is 1210. The highest BCUT2D eigenvalue weighted by Gasteiger charge is 2.17. The van der Waals surface area contributed by atoms with Gasteiger partial charge in [-0.15, -0.1) is 0 Å². The maximum absolute atomic E-state index is 12.6. The summed E-state index contributed by atoms with van der Waals surface area (Å²) < 4.78 is 16.5. The summed E-state index contributed by atoms with van der Waals surface area (Å²) in [4.78, 5) is 17.2. The topological polar surface area (TPSA) is 73.6 Å². The minimum atomic E-state index is -0.235. The Morgan fingerprint density at radius 1 is 1.00 bits per heavy atom. The smallest absolute Gasteiger partial charge is 0.255 e. The zero-order valence-electron chi connectivity index (χ0n) is 15.8. The van der Waals surface area contributed by atoms with Crippen molar-refractivity contribution in [3.63, 3.8) is 0 Å². The van der Waals surface area contributed by atoms with E-state index in [1.165, 1.54) is 5.56 Å². The predicted molar refractivity (Wildman–Crippen MR) is 109 cm³/mol. The van der Waals surface area contributed by atoms with E-state index in [-0.39, 0.29) is 12.7 Å². The van der Waals surface area contributed by atoms with Crippen molar-refractivity contribution in [3.05, 3.63) is 71.8 Å². The summed E-state index contributed by atoms with van der Waals surface area (Å²) in [5, 5.41) is 2.89. The molecule has 2 heterocycles. The molecule has 1 aromatic heterocycles. The highest BCUT2D eigenvalue weighted by Crippen LogP contribution is 2.33. The Morgan fingerprint density at radius 3 is 2.66 bits per heavy atom. The molecule has 1 aliphatic heterocycles. The van der Waals surface area contributed by atoms with Gasteiger partial charge in [0.1, 0.15) is 5.52 Å². The van der Waals surface area contributed by atoms with Crippen molar-refractivity contribution in [3.8, 4) is 23.0 Å². The lowest BCUT2D eigenvalue weighted by Gasteiger charge is -2.05. The van der Waals surface area contributed by atoms with Gasteiger partial charge >= 0.3 is 0 Å². The Labute approximate surface area is 167 Å². The normalized spacial score (nSPS) is 12.3. The molecule has 3 aromatic carbocycles. The van der Waals surface area contributed by atoms with E-state index in [0.717, 1.165) is 12.0 Å². The number of fused-ring (bicyclic) bond motifs is 2. The van der Waals surface area contributed by atoms with Crippen molar-refractivity contribution in [2.24, 2.45) is 0 Å². The summed E-state index contributed by atoms with van der Waals surface area (Å²) >= 11 is 0. The van der Waals surface area contributed by atoms with Crippen LogP contribution in [0.5, 0.6) is 11.5 Å². The van der Waals surface area contributed by atoms with Crippen LogP contribution in [-0.4, -0.2) is 17.7 Å². The van der Waals surface area contributed by atoms with Gasteiger partial charge in [0.25, 0.3) is 5.91 Å². The first-order chi connectivity index (χ1) is 14.2. The average molecular weight is 386 g/mol. The summed E-state index contributed by atoms with van der Waals surface area (Å²) in [6.07, 6.45) is 0.986. The molecule has 4 aromatic rings. The molecule has 1 N–H and O–H groups in total. The number of carbonyl (C=O) groups excluding carboxylic acids is 1. The number of amides is 1. The van der Waals surface area contributed by atoms with Gasteiger partial charge in [-0.25, -0.2) is 4.98 Å². The zero-order chi connectivity index (χ0) is 19.8. The molecule has 6 heteroatoms. The number of aryl methyl sites for hydroxylation is 1. The van der Waals surface area contributed by atoms with Gasteiger partial charge in [0.15, 0.2) is 17.1 Å². The van der Waals surface area contributed by atoms with E-state index in [1.807, 2.05) is 18.2 Å². The lowest BCUT2D eigenvalue weighted by atomic mass is 10.1. The quantitative estimate of drug-likeness (QED) is 0.532. The van der Waals surface area contributed by atoms with Gasteiger partial charge in [0.2, 0.25) is 12.7 Å². The van der Waals surface area contributed by atoms with Gasteiger partial charge in [-0.3, -0.25) is 4.79 Å². The highest BCUT2D eigenvalue weighted by atomic mass is 16.7. The lowest BCUT2D eigenvalue weighted by Crippen LogP contribution is -2.11. The molecule has 5 rings (SSSR count). The number of aromatic nitrogens is 1. The fourth-order valence-corrected chi connectivity index (χ4v) is 3.25. The first-order valence-corrected chi connectivity index (χ1v) is 9.40. The number of oxazole rings is 1. The highest BCUT2D eigenvalue weighted by molar-refractivity contribution is 6.05. The van der Waals surface area contributed by atoms with Crippen LogP contribution in [0.3, 0.4) is 0 Å². The molecule has 0 radical (unpaired) electrons. The van der Waals surface area contributed by atoms with Gasteiger partial charge < -0.3 is 19.2 Å². The van der Waals surface area contributed by atoms with Gasteiger partial charge in [0, 0.05) is 16.8 Å². The third kappa shape index (κ3) is 3.29. The molecule has 0 atom stereocenters. The van der Waals surface area contributed by atoms with Crippen LogP contribution in [0.2, 0.25) is 0 Å². The van der Waals surface area contributed by atoms with E-state index < -0.39 is 0 Å². The first-order valence-electron chi connectivity index (χ1n) is 9.40. The number of anilines is 1. The van der Waals surface area contributed by atoms with Gasteiger partial charge in [-0.1, -0.05) is 19.1 Å².